The number of thioether (sulfide) groups is 1. The molecule has 4 aromatic rings. The van der Waals surface area contributed by atoms with Crippen LogP contribution in [0.15, 0.2) is 76.2 Å². The molecule has 0 aliphatic heterocycles. The minimum Gasteiger partial charge on any atom is -0.490 e. The molecule has 0 saturated carbocycles. The Labute approximate surface area is 215 Å². The van der Waals surface area contributed by atoms with Gasteiger partial charge >= 0.3 is 5.97 Å². The van der Waals surface area contributed by atoms with Crippen molar-refractivity contribution in [2.45, 2.75) is 11.3 Å². The average Bonchev–Trinajstić information content (AvgIpc) is 3.28. The van der Waals surface area contributed by atoms with Crippen LogP contribution in [0.25, 0.3) is 10.2 Å². The lowest BCUT2D eigenvalue weighted by Crippen LogP contribution is -2.19. The lowest BCUT2D eigenvalue weighted by Gasteiger charge is -2.11. The molecular formula is C25H20ClN3O4S2. The van der Waals surface area contributed by atoms with Gasteiger partial charge in [-0.2, -0.15) is 5.10 Å². The van der Waals surface area contributed by atoms with Crippen LogP contribution in [0.2, 0.25) is 5.02 Å². The highest BCUT2D eigenvalue weighted by atomic mass is 35.5. The van der Waals surface area contributed by atoms with Gasteiger partial charge in [-0.3, -0.25) is 4.79 Å². The number of esters is 1. The Morgan fingerprint density at radius 1 is 1.11 bits per heavy atom. The molecule has 0 unspecified atom stereocenters. The van der Waals surface area contributed by atoms with Crippen molar-refractivity contribution in [2.24, 2.45) is 5.10 Å². The number of rotatable bonds is 9. The summed E-state index contributed by atoms with van der Waals surface area (Å²) in [5, 5.41) is 4.54. The molecule has 10 heteroatoms. The van der Waals surface area contributed by atoms with Gasteiger partial charge in [0.2, 0.25) is 0 Å². The molecule has 1 heterocycles. The Morgan fingerprint density at radius 3 is 2.69 bits per heavy atom. The Kier molecular flexibility index (Phi) is 8.36. The summed E-state index contributed by atoms with van der Waals surface area (Å²) in [5.41, 5.74) is 4.47. The van der Waals surface area contributed by atoms with Crippen LogP contribution < -0.4 is 14.9 Å². The van der Waals surface area contributed by atoms with Gasteiger partial charge in [0.15, 0.2) is 15.8 Å². The van der Waals surface area contributed by atoms with Crippen molar-refractivity contribution in [1.82, 2.24) is 10.4 Å². The van der Waals surface area contributed by atoms with Crippen molar-refractivity contribution in [2.75, 3.05) is 12.4 Å². The fourth-order valence-corrected chi connectivity index (χ4v) is 4.94. The number of hydrogen-bond donors (Lipinski definition) is 1. The largest absolute Gasteiger partial charge is 0.490 e. The monoisotopic (exact) mass is 525 g/mol. The van der Waals surface area contributed by atoms with Gasteiger partial charge in [-0.05, 0) is 67.1 Å². The molecule has 0 radical (unpaired) electrons. The lowest BCUT2D eigenvalue weighted by atomic mass is 10.2. The molecule has 0 bridgehead atoms. The summed E-state index contributed by atoms with van der Waals surface area (Å²) in [6.07, 6.45) is 1.49. The standard InChI is InChI=1S/C25H20ClN3O4S2/c1-2-32-21-13-16(7-12-20(21)33-24(31)17-8-10-18(26)11-9-17)14-27-29-23(30)15-34-25-28-19-5-3-4-6-22(19)35-25/h3-14H,2,15H2,1H3,(H,29,30)/b27-14-. The molecule has 0 fully saturated rings. The number of benzene rings is 3. The number of para-hydroxylation sites is 1. The Balaban J connectivity index is 1.34. The number of nitrogens with one attached hydrogen (secondary N) is 1. The fourth-order valence-electron chi connectivity index (χ4n) is 2.95. The van der Waals surface area contributed by atoms with E-state index in [9.17, 15) is 9.59 Å². The van der Waals surface area contributed by atoms with Crippen LogP contribution in [-0.2, 0) is 4.79 Å². The van der Waals surface area contributed by atoms with Crippen molar-refractivity contribution in [3.8, 4) is 11.5 Å². The van der Waals surface area contributed by atoms with E-state index in [2.05, 4.69) is 15.5 Å². The highest BCUT2D eigenvalue weighted by Gasteiger charge is 2.13. The molecule has 35 heavy (non-hydrogen) atoms. The third kappa shape index (κ3) is 6.82. The molecule has 0 aliphatic carbocycles. The normalized spacial score (nSPS) is 11.0. The highest BCUT2D eigenvalue weighted by Crippen LogP contribution is 2.30. The summed E-state index contributed by atoms with van der Waals surface area (Å²) in [4.78, 5) is 29.1. The highest BCUT2D eigenvalue weighted by molar-refractivity contribution is 8.01. The van der Waals surface area contributed by atoms with Crippen LogP contribution in [0.1, 0.15) is 22.8 Å². The second-order valence-electron chi connectivity index (χ2n) is 7.06. The van der Waals surface area contributed by atoms with Crippen LogP contribution in [0.5, 0.6) is 11.5 Å². The zero-order valence-electron chi connectivity index (χ0n) is 18.6. The summed E-state index contributed by atoms with van der Waals surface area (Å²) < 4.78 is 13.0. The van der Waals surface area contributed by atoms with Crippen molar-refractivity contribution >= 4 is 63.0 Å². The number of thiazole rings is 1. The zero-order valence-corrected chi connectivity index (χ0v) is 21.0. The van der Waals surface area contributed by atoms with Gasteiger partial charge in [0.1, 0.15) is 0 Å². The van der Waals surface area contributed by atoms with Crippen LogP contribution in [0.4, 0.5) is 0 Å². The molecule has 0 spiro atoms. The molecule has 1 N–H and O–H groups in total. The van der Waals surface area contributed by atoms with E-state index >= 15 is 0 Å². The van der Waals surface area contributed by atoms with Crippen molar-refractivity contribution in [1.29, 1.82) is 0 Å². The van der Waals surface area contributed by atoms with Crippen LogP contribution in [-0.4, -0.2) is 35.4 Å². The van der Waals surface area contributed by atoms with E-state index in [-0.39, 0.29) is 17.4 Å². The SMILES string of the molecule is CCOc1cc(/C=N\NC(=O)CSc2nc3ccccc3s2)ccc1OC(=O)c1ccc(Cl)cc1. The summed E-state index contributed by atoms with van der Waals surface area (Å²) >= 11 is 8.78. The van der Waals surface area contributed by atoms with E-state index in [1.54, 1.807) is 53.8 Å². The molecule has 0 saturated heterocycles. The minimum absolute atomic E-state index is 0.195. The second-order valence-corrected chi connectivity index (χ2v) is 9.75. The maximum Gasteiger partial charge on any atom is 0.343 e. The molecule has 1 amide bonds. The number of fused-ring (bicyclic) bond motifs is 1. The summed E-state index contributed by atoms with van der Waals surface area (Å²) in [5.74, 6) is 0.0868. The number of hydrogen-bond acceptors (Lipinski definition) is 8. The first kappa shape index (κ1) is 24.7. The van der Waals surface area contributed by atoms with E-state index < -0.39 is 5.97 Å². The number of amides is 1. The van der Waals surface area contributed by atoms with Gasteiger partial charge in [0.05, 0.1) is 34.4 Å². The van der Waals surface area contributed by atoms with Crippen LogP contribution >= 0.6 is 34.7 Å². The minimum atomic E-state index is -0.526. The molecule has 0 atom stereocenters. The molecule has 178 valence electrons. The van der Waals surface area contributed by atoms with Gasteiger partial charge in [0.25, 0.3) is 5.91 Å². The smallest absolute Gasteiger partial charge is 0.343 e. The average molecular weight is 526 g/mol. The first-order chi connectivity index (χ1) is 17.0. The Hall–Kier alpha value is -3.40. The van der Waals surface area contributed by atoms with Crippen molar-refractivity contribution in [3.63, 3.8) is 0 Å². The molecule has 1 aromatic heterocycles. The van der Waals surface area contributed by atoms with Gasteiger partial charge in [-0.1, -0.05) is 35.5 Å². The number of nitrogens with zero attached hydrogens (tertiary/aromatic N) is 2. The van der Waals surface area contributed by atoms with Gasteiger partial charge in [-0.15, -0.1) is 11.3 Å². The number of ether oxygens (including phenoxy) is 2. The molecule has 0 aliphatic rings. The summed E-state index contributed by atoms with van der Waals surface area (Å²) in [7, 11) is 0. The summed E-state index contributed by atoms with van der Waals surface area (Å²) in [6, 6.07) is 19.3. The third-order valence-electron chi connectivity index (χ3n) is 4.55. The van der Waals surface area contributed by atoms with Gasteiger partial charge < -0.3 is 9.47 Å². The maximum absolute atomic E-state index is 12.4. The van der Waals surface area contributed by atoms with E-state index in [0.717, 1.165) is 14.6 Å². The summed E-state index contributed by atoms with van der Waals surface area (Å²) in [6.45, 7) is 2.21. The number of carbonyl (C=O) groups excluding carboxylic acids is 2. The Morgan fingerprint density at radius 2 is 1.91 bits per heavy atom. The first-order valence-corrected chi connectivity index (χ1v) is 12.7. The zero-order chi connectivity index (χ0) is 24.6. The number of carbonyl (C=O) groups is 2. The molecular weight excluding hydrogens is 506 g/mol. The number of hydrazone groups is 1. The van der Waals surface area contributed by atoms with E-state index in [0.29, 0.717) is 28.5 Å². The number of halogens is 1. The van der Waals surface area contributed by atoms with Crippen LogP contribution in [0.3, 0.4) is 0 Å². The van der Waals surface area contributed by atoms with Crippen molar-refractivity contribution in [3.05, 3.63) is 82.9 Å². The van der Waals surface area contributed by atoms with E-state index in [1.165, 1.54) is 18.0 Å². The van der Waals surface area contributed by atoms with Gasteiger partial charge in [0, 0.05) is 5.02 Å². The lowest BCUT2D eigenvalue weighted by molar-refractivity contribution is -0.118. The topological polar surface area (TPSA) is 89.9 Å². The predicted octanol–water partition coefficient (Wildman–Crippen LogP) is 5.81. The third-order valence-corrected chi connectivity index (χ3v) is 6.99. The number of aromatic nitrogens is 1. The predicted molar refractivity (Wildman–Crippen MR) is 140 cm³/mol. The van der Waals surface area contributed by atoms with Gasteiger partial charge in [-0.25, -0.2) is 15.2 Å². The quantitative estimate of drug-likeness (QED) is 0.0974. The molecule has 4 rings (SSSR count). The van der Waals surface area contributed by atoms with E-state index in [4.69, 9.17) is 21.1 Å². The molecule has 7 nitrogen and oxygen atoms in total. The Bertz CT molecular complexity index is 1340. The maximum atomic E-state index is 12.4. The second kappa shape index (κ2) is 11.8. The fraction of sp³-hybridized carbons (Fsp3) is 0.120. The van der Waals surface area contributed by atoms with Crippen LogP contribution in [0, 0.1) is 0 Å². The molecule has 3 aromatic carbocycles. The van der Waals surface area contributed by atoms with E-state index in [1.807, 2.05) is 31.2 Å². The first-order valence-electron chi connectivity index (χ1n) is 10.6. The van der Waals surface area contributed by atoms with Crippen molar-refractivity contribution < 1.29 is 19.1 Å².